The molecule has 0 amide bonds. The molecule has 1 aromatic carbocycles. The van der Waals surface area contributed by atoms with Gasteiger partial charge in [-0.05, 0) is 5.56 Å². The number of carboxylic acid groups (broad SMARTS) is 1. The molecule has 1 saturated heterocycles. The van der Waals surface area contributed by atoms with Crippen molar-refractivity contribution >= 4 is 34.1 Å². The van der Waals surface area contributed by atoms with E-state index in [9.17, 15) is 23.3 Å². The van der Waals surface area contributed by atoms with Crippen molar-refractivity contribution in [3.05, 3.63) is 39.9 Å². The second-order valence-electron chi connectivity index (χ2n) is 6.10. The number of non-ortho nitro benzene ring substituents is 1. The van der Waals surface area contributed by atoms with E-state index >= 15 is 0 Å². The monoisotopic (exact) mass is 423 g/mol. The van der Waals surface area contributed by atoms with Gasteiger partial charge < -0.3 is 9.84 Å². The van der Waals surface area contributed by atoms with Crippen LogP contribution in [-0.2, 0) is 26.1 Å². The van der Waals surface area contributed by atoms with Crippen LogP contribution < -0.4 is 0 Å². The molecule has 1 unspecified atom stereocenters. The number of rotatable bonds is 8. The summed E-state index contributed by atoms with van der Waals surface area (Å²) in [5.74, 6) is -1.23. The van der Waals surface area contributed by atoms with Crippen LogP contribution in [0.4, 0.5) is 5.69 Å². The van der Waals surface area contributed by atoms with Crippen LogP contribution in [0, 0.1) is 10.1 Å². The maximum absolute atomic E-state index is 11.7. The van der Waals surface area contributed by atoms with E-state index in [1.807, 2.05) is 4.90 Å². The SMILES string of the molecule is CS(=O)(=O)N(CC(=O)O)CC1CN(Cc2ccc([N+](=O)[O-])cc2)CCO1.Cl. The van der Waals surface area contributed by atoms with Gasteiger partial charge in [0.05, 0.1) is 23.9 Å². The predicted octanol–water partition coefficient (Wildman–Crippen LogP) is 0.564. The van der Waals surface area contributed by atoms with Crippen LogP contribution in [0.5, 0.6) is 0 Å². The summed E-state index contributed by atoms with van der Waals surface area (Å²) in [7, 11) is -3.66. The number of ether oxygens (including phenoxy) is 1. The first kappa shape index (κ1) is 23.2. The molecule has 1 aliphatic rings. The highest BCUT2D eigenvalue weighted by atomic mass is 35.5. The van der Waals surface area contributed by atoms with E-state index < -0.39 is 33.6 Å². The molecular formula is C15H22ClN3O7S. The minimum Gasteiger partial charge on any atom is -0.480 e. The minimum atomic E-state index is -3.66. The third-order valence-electron chi connectivity index (χ3n) is 3.96. The van der Waals surface area contributed by atoms with Gasteiger partial charge in [-0.2, -0.15) is 4.31 Å². The Kier molecular flexibility index (Phi) is 8.57. The number of hydrogen-bond acceptors (Lipinski definition) is 7. The number of carbonyl (C=O) groups is 1. The molecule has 10 nitrogen and oxygen atoms in total. The van der Waals surface area contributed by atoms with Crippen LogP contribution in [0.15, 0.2) is 24.3 Å². The summed E-state index contributed by atoms with van der Waals surface area (Å²) in [5, 5.41) is 19.6. The molecule has 27 heavy (non-hydrogen) atoms. The Labute approximate surface area is 163 Å². The van der Waals surface area contributed by atoms with Crippen molar-refractivity contribution in [1.29, 1.82) is 0 Å². The molecule has 1 fully saturated rings. The second-order valence-corrected chi connectivity index (χ2v) is 8.08. The number of morpholine rings is 1. The Balaban J connectivity index is 0.00000364. The van der Waals surface area contributed by atoms with Gasteiger partial charge in [0.25, 0.3) is 5.69 Å². The van der Waals surface area contributed by atoms with Crippen molar-refractivity contribution in [1.82, 2.24) is 9.21 Å². The number of halogens is 1. The summed E-state index contributed by atoms with van der Waals surface area (Å²) in [6.45, 7) is 1.34. The van der Waals surface area contributed by atoms with Gasteiger partial charge in [0.2, 0.25) is 10.0 Å². The lowest BCUT2D eigenvalue weighted by Crippen LogP contribution is -2.49. The van der Waals surface area contributed by atoms with Gasteiger partial charge in [0, 0.05) is 38.3 Å². The summed E-state index contributed by atoms with van der Waals surface area (Å²) in [5.41, 5.74) is 0.910. The minimum absolute atomic E-state index is 0. The van der Waals surface area contributed by atoms with Crippen molar-refractivity contribution in [2.75, 3.05) is 39.0 Å². The van der Waals surface area contributed by atoms with Gasteiger partial charge in [-0.15, -0.1) is 12.4 Å². The molecule has 152 valence electrons. The Hall–Kier alpha value is -1.79. The van der Waals surface area contributed by atoms with Crippen molar-refractivity contribution in [2.45, 2.75) is 12.6 Å². The molecular weight excluding hydrogens is 402 g/mol. The smallest absolute Gasteiger partial charge is 0.318 e. The zero-order valence-corrected chi connectivity index (χ0v) is 16.3. The van der Waals surface area contributed by atoms with E-state index in [0.29, 0.717) is 26.2 Å². The standard InChI is InChI=1S/C15H21N3O7S.ClH/c1-26(23,24)17(11-15(19)20)10-14-9-16(6-7-25-14)8-12-2-4-13(5-3-12)18(21)22;/h2-5,14H,6-11H2,1H3,(H,19,20);1H. The number of benzene rings is 1. The normalized spacial score (nSPS) is 18.1. The van der Waals surface area contributed by atoms with E-state index in [1.165, 1.54) is 12.1 Å². The zero-order valence-electron chi connectivity index (χ0n) is 14.7. The molecule has 0 bridgehead atoms. The first-order chi connectivity index (χ1) is 12.1. The number of nitrogens with zero attached hydrogens (tertiary/aromatic N) is 3. The topological polar surface area (TPSA) is 130 Å². The number of nitro benzene ring substituents is 1. The van der Waals surface area contributed by atoms with Crippen LogP contribution in [0.3, 0.4) is 0 Å². The molecule has 2 rings (SSSR count). The van der Waals surface area contributed by atoms with E-state index in [0.717, 1.165) is 16.1 Å². The molecule has 0 saturated carbocycles. The predicted molar refractivity (Wildman–Crippen MR) is 99.4 cm³/mol. The van der Waals surface area contributed by atoms with Crippen LogP contribution in [0.25, 0.3) is 0 Å². The third kappa shape index (κ3) is 7.39. The maximum Gasteiger partial charge on any atom is 0.318 e. The number of nitro groups is 1. The fourth-order valence-corrected chi connectivity index (χ4v) is 3.49. The van der Waals surface area contributed by atoms with Gasteiger partial charge >= 0.3 is 5.97 Å². The van der Waals surface area contributed by atoms with Crippen LogP contribution in [0.1, 0.15) is 5.56 Å². The van der Waals surface area contributed by atoms with Gasteiger partial charge in [-0.3, -0.25) is 19.8 Å². The van der Waals surface area contributed by atoms with Gasteiger partial charge in [-0.1, -0.05) is 12.1 Å². The second kappa shape index (κ2) is 9.95. The average Bonchev–Trinajstić information content (AvgIpc) is 2.54. The van der Waals surface area contributed by atoms with Gasteiger partial charge in [0.1, 0.15) is 6.54 Å². The average molecular weight is 424 g/mol. The number of aliphatic carboxylic acids is 1. The van der Waals surface area contributed by atoms with Crippen molar-refractivity contribution in [3.8, 4) is 0 Å². The molecule has 1 aromatic rings. The van der Waals surface area contributed by atoms with E-state index in [-0.39, 0.29) is 24.6 Å². The fraction of sp³-hybridized carbons (Fsp3) is 0.533. The lowest BCUT2D eigenvalue weighted by molar-refractivity contribution is -0.384. The molecule has 1 N–H and O–H groups in total. The Bertz CT molecular complexity index is 757. The van der Waals surface area contributed by atoms with Gasteiger partial charge in [0.15, 0.2) is 0 Å². The van der Waals surface area contributed by atoms with Crippen molar-refractivity contribution in [3.63, 3.8) is 0 Å². The maximum atomic E-state index is 11.7. The van der Waals surface area contributed by atoms with Crippen LogP contribution >= 0.6 is 12.4 Å². The fourth-order valence-electron chi connectivity index (χ4n) is 2.71. The molecule has 0 aliphatic carbocycles. The van der Waals surface area contributed by atoms with Crippen LogP contribution in [0.2, 0.25) is 0 Å². The Morgan fingerprint density at radius 2 is 2.04 bits per heavy atom. The highest BCUT2D eigenvalue weighted by Crippen LogP contribution is 2.16. The molecule has 1 atom stereocenters. The van der Waals surface area contributed by atoms with E-state index in [2.05, 4.69) is 0 Å². The zero-order chi connectivity index (χ0) is 19.3. The van der Waals surface area contributed by atoms with E-state index in [1.54, 1.807) is 12.1 Å². The van der Waals surface area contributed by atoms with E-state index in [4.69, 9.17) is 9.84 Å². The number of sulfonamides is 1. The first-order valence-corrected chi connectivity index (χ1v) is 9.74. The first-order valence-electron chi connectivity index (χ1n) is 7.89. The Morgan fingerprint density at radius 3 is 2.56 bits per heavy atom. The lowest BCUT2D eigenvalue weighted by Gasteiger charge is -2.34. The Morgan fingerprint density at radius 1 is 1.41 bits per heavy atom. The van der Waals surface area contributed by atoms with Crippen molar-refractivity contribution < 1.29 is 28.0 Å². The summed E-state index contributed by atoms with van der Waals surface area (Å²) in [4.78, 5) is 23.1. The summed E-state index contributed by atoms with van der Waals surface area (Å²) >= 11 is 0. The largest absolute Gasteiger partial charge is 0.480 e. The van der Waals surface area contributed by atoms with Crippen molar-refractivity contribution in [2.24, 2.45) is 0 Å². The lowest BCUT2D eigenvalue weighted by atomic mass is 10.1. The summed E-state index contributed by atoms with van der Waals surface area (Å²) in [6, 6.07) is 6.22. The third-order valence-corrected chi connectivity index (χ3v) is 5.18. The molecule has 0 radical (unpaired) electrons. The summed E-state index contributed by atoms with van der Waals surface area (Å²) in [6.07, 6.45) is 0.517. The number of hydrogen-bond donors (Lipinski definition) is 1. The molecule has 12 heteroatoms. The molecule has 1 aliphatic heterocycles. The quantitative estimate of drug-likeness (QED) is 0.474. The number of carboxylic acids is 1. The molecule has 0 spiro atoms. The van der Waals surface area contributed by atoms with Gasteiger partial charge in [-0.25, -0.2) is 8.42 Å². The molecule has 0 aromatic heterocycles. The highest BCUT2D eigenvalue weighted by Gasteiger charge is 2.28. The van der Waals surface area contributed by atoms with Crippen LogP contribution in [-0.4, -0.2) is 78.8 Å². The summed E-state index contributed by atoms with van der Waals surface area (Å²) < 4.78 is 29.9. The highest BCUT2D eigenvalue weighted by molar-refractivity contribution is 7.88. The molecule has 1 heterocycles.